The molecule has 2 aromatic carbocycles. The monoisotopic (exact) mass is 295 g/mol. The van der Waals surface area contributed by atoms with Crippen LogP contribution in [0.4, 0.5) is 0 Å². The van der Waals surface area contributed by atoms with Crippen LogP contribution >= 0.6 is 0 Å². The Bertz CT molecular complexity index is 639. The minimum Gasteiger partial charge on any atom is -0.457 e. The Morgan fingerprint density at radius 1 is 1.09 bits per heavy atom. The van der Waals surface area contributed by atoms with Crippen molar-refractivity contribution in [2.75, 3.05) is 13.1 Å². The van der Waals surface area contributed by atoms with Gasteiger partial charge >= 0.3 is 5.97 Å². The second kappa shape index (κ2) is 6.75. The summed E-state index contributed by atoms with van der Waals surface area (Å²) in [5.74, 6) is 0.0307. The van der Waals surface area contributed by atoms with Gasteiger partial charge in [-0.2, -0.15) is 0 Å². The van der Waals surface area contributed by atoms with Crippen LogP contribution in [-0.2, 0) is 4.74 Å². The highest BCUT2D eigenvalue weighted by Gasteiger charge is 2.30. The molecule has 1 saturated heterocycles. The Labute approximate surface area is 131 Å². The Morgan fingerprint density at radius 2 is 1.82 bits per heavy atom. The van der Waals surface area contributed by atoms with Gasteiger partial charge in [-0.05, 0) is 37.1 Å². The first kappa shape index (κ1) is 14.8. The number of piperidine rings is 1. The van der Waals surface area contributed by atoms with Crippen LogP contribution in [-0.4, -0.2) is 25.2 Å². The van der Waals surface area contributed by atoms with Crippen molar-refractivity contribution in [3.63, 3.8) is 0 Å². The zero-order valence-corrected chi connectivity index (χ0v) is 12.8. The Morgan fingerprint density at radius 3 is 2.59 bits per heavy atom. The molecule has 0 unspecified atom stereocenters. The van der Waals surface area contributed by atoms with Gasteiger partial charge in [0.25, 0.3) is 0 Å². The molecule has 0 bridgehead atoms. The van der Waals surface area contributed by atoms with E-state index in [-0.39, 0.29) is 18.0 Å². The van der Waals surface area contributed by atoms with Crippen molar-refractivity contribution in [1.29, 1.82) is 0 Å². The van der Waals surface area contributed by atoms with Crippen molar-refractivity contribution in [2.45, 2.75) is 25.4 Å². The van der Waals surface area contributed by atoms with E-state index in [9.17, 15) is 4.79 Å². The van der Waals surface area contributed by atoms with E-state index in [0.29, 0.717) is 12.1 Å². The summed E-state index contributed by atoms with van der Waals surface area (Å²) in [7, 11) is 0. The van der Waals surface area contributed by atoms with Crippen molar-refractivity contribution in [3.05, 3.63) is 71.3 Å². The Balaban J connectivity index is 1.77. The molecular weight excluding hydrogens is 274 g/mol. The van der Waals surface area contributed by atoms with E-state index in [1.807, 2.05) is 49.4 Å². The Hall–Kier alpha value is -2.13. The van der Waals surface area contributed by atoms with E-state index in [0.717, 1.165) is 18.5 Å². The molecular formula is C19H21NO2. The van der Waals surface area contributed by atoms with E-state index in [1.165, 1.54) is 5.56 Å². The van der Waals surface area contributed by atoms with E-state index >= 15 is 0 Å². The van der Waals surface area contributed by atoms with Gasteiger partial charge in [0, 0.05) is 12.5 Å². The highest BCUT2D eigenvalue weighted by atomic mass is 16.5. The highest BCUT2D eigenvalue weighted by Crippen LogP contribution is 2.28. The van der Waals surface area contributed by atoms with Gasteiger partial charge in [0.1, 0.15) is 6.10 Å². The molecule has 0 amide bonds. The standard InChI is InChI=1S/C19H21NO2/c1-14-7-5-6-10-16(14)19(21)22-18-13-20-12-11-17(18)15-8-3-2-4-9-15/h2-10,17-18,20H,11-13H2,1H3/t17-,18+/m1/s1. The molecule has 0 radical (unpaired) electrons. The first-order valence-corrected chi connectivity index (χ1v) is 7.78. The predicted octanol–water partition coefficient (Wildman–Crippen LogP) is 3.30. The molecule has 3 nitrogen and oxygen atoms in total. The summed E-state index contributed by atoms with van der Waals surface area (Å²) in [4.78, 5) is 12.5. The highest BCUT2D eigenvalue weighted by molar-refractivity contribution is 5.91. The topological polar surface area (TPSA) is 38.3 Å². The van der Waals surface area contributed by atoms with E-state index in [1.54, 1.807) is 0 Å². The second-order valence-corrected chi connectivity index (χ2v) is 5.77. The van der Waals surface area contributed by atoms with Crippen LogP contribution in [0.2, 0.25) is 0 Å². The molecule has 0 spiro atoms. The Kier molecular flexibility index (Phi) is 4.54. The molecule has 3 heteroatoms. The van der Waals surface area contributed by atoms with Crippen molar-refractivity contribution >= 4 is 5.97 Å². The van der Waals surface area contributed by atoms with Gasteiger partial charge in [-0.15, -0.1) is 0 Å². The molecule has 22 heavy (non-hydrogen) atoms. The van der Waals surface area contributed by atoms with E-state index in [4.69, 9.17) is 4.74 Å². The van der Waals surface area contributed by atoms with Crippen LogP contribution in [0.15, 0.2) is 54.6 Å². The van der Waals surface area contributed by atoms with Crippen LogP contribution < -0.4 is 5.32 Å². The lowest BCUT2D eigenvalue weighted by Gasteiger charge is -2.32. The SMILES string of the molecule is Cc1ccccc1C(=O)O[C@H]1CNCC[C@@H]1c1ccccc1. The fourth-order valence-corrected chi connectivity index (χ4v) is 3.04. The normalized spacial score (nSPS) is 21.3. The minimum atomic E-state index is -0.229. The number of hydrogen-bond acceptors (Lipinski definition) is 3. The maximum atomic E-state index is 12.5. The quantitative estimate of drug-likeness (QED) is 0.883. The second-order valence-electron chi connectivity index (χ2n) is 5.77. The third kappa shape index (κ3) is 3.20. The van der Waals surface area contributed by atoms with Gasteiger partial charge in [0.15, 0.2) is 0 Å². The summed E-state index contributed by atoms with van der Waals surface area (Å²) in [6.45, 7) is 3.60. The first-order chi connectivity index (χ1) is 10.8. The zero-order valence-electron chi connectivity index (χ0n) is 12.8. The van der Waals surface area contributed by atoms with Gasteiger partial charge in [-0.3, -0.25) is 0 Å². The summed E-state index contributed by atoms with van der Waals surface area (Å²) in [6.07, 6.45) is 0.860. The summed E-state index contributed by atoms with van der Waals surface area (Å²) in [6, 6.07) is 17.9. The van der Waals surface area contributed by atoms with Gasteiger partial charge < -0.3 is 10.1 Å². The molecule has 0 saturated carbocycles. The molecule has 2 atom stereocenters. The molecule has 1 fully saturated rings. The number of ether oxygens (including phenoxy) is 1. The van der Waals surface area contributed by atoms with Crippen LogP contribution in [0.25, 0.3) is 0 Å². The summed E-state index contributed by atoms with van der Waals surface area (Å²) >= 11 is 0. The summed E-state index contributed by atoms with van der Waals surface area (Å²) < 4.78 is 5.82. The predicted molar refractivity (Wildman–Crippen MR) is 87.1 cm³/mol. The van der Waals surface area contributed by atoms with Crippen molar-refractivity contribution in [2.24, 2.45) is 0 Å². The number of rotatable bonds is 3. The average molecular weight is 295 g/mol. The average Bonchev–Trinajstić information content (AvgIpc) is 2.56. The van der Waals surface area contributed by atoms with Crippen molar-refractivity contribution < 1.29 is 9.53 Å². The van der Waals surface area contributed by atoms with Gasteiger partial charge in [0.05, 0.1) is 5.56 Å². The lowest BCUT2D eigenvalue weighted by atomic mass is 9.88. The number of benzene rings is 2. The van der Waals surface area contributed by atoms with Gasteiger partial charge in [-0.25, -0.2) is 4.79 Å². The van der Waals surface area contributed by atoms with Gasteiger partial charge in [0.2, 0.25) is 0 Å². The van der Waals surface area contributed by atoms with Crippen LogP contribution in [0.1, 0.15) is 33.8 Å². The number of esters is 1. The molecule has 1 N–H and O–H groups in total. The molecule has 1 aliphatic heterocycles. The molecule has 114 valence electrons. The fraction of sp³-hybridized carbons (Fsp3) is 0.316. The maximum absolute atomic E-state index is 12.5. The molecule has 0 aliphatic carbocycles. The van der Waals surface area contributed by atoms with Crippen LogP contribution in [0.3, 0.4) is 0 Å². The number of aryl methyl sites for hydroxylation is 1. The number of hydrogen-bond donors (Lipinski definition) is 1. The van der Waals surface area contributed by atoms with E-state index in [2.05, 4.69) is 17.4 Å². The number of carbonyl (C=O) groups is 1. The van der Waals surface area contributed by atoms with Crippen LogP contribution in [0, 0.1) is 6.92 Å². The molecule has 2 aromatic rings. The lowest BCUT2D eigenvalue weighted by Crippen LogP contribution is -2.42. The zero-order chi connectivity index (χ0) is 15.4. The number of carbonyl (C=O) groups excluding carboxylic acids is 1. The van der Waals surface area contributed by atoms with Crippen molar-refractivity contribution in [1.82, 2.24) is 5.32 Å². The number of nitrogens with one attached hydrogen (secondary N) is 1. The lowest BCUT2D eigenvalue weighted by molar-refractivity contribution is 0.0182. The first-order valence-electron chi connectivity index (χ1n) is 7.78. The summed E-state index contributed by atoms with van der Waals surface area (Å²) in [5.41, 5.74) is 2.85. The van der Waals surface area contributed by atoms with Gasteiger partial charge in [-0.1, -0.05) is 48.5 Å². The fourth-order valence-electron chi connectivity index (χ4n) is 3.04. The summed E-state index contributed by atoms with van der Waals surface area (Å²) in [5, 5.41) is 3.33. The smallest absolute Gasteiger partial charge is 0.338 e. The molecule has 0 aromatic heterocycles. The van der Waals surface area contributed by atoms with E-state index < -0.39 is 0 Å². The molecule has 1 heterocycles. The maximum Gasteiger partial charge on any atom is 0.338 e. The molecule has 3 rings (SSSR count). The molecule has 1 aliphatic rings. The minimum absolute atomic E-state index is 0.122. The van der Waals surface area contributed by atoms with Crippen molar-refractivity contribution in [3.8, 4) is 0 Å². The largest absolute Gasteiger partial charge is 0.457 e. The van der Waals surface area contributed by atoms with Crippen LogP contribution in [0.5, 0.6) is 0 Å². The third-order valence-corrected chi connectivity index (χ3v) is 4.28. The third-order valence-electron chi connectivity index (χ3n) is 4.28.